The molecule has 0 saturated carbocycles. The smallest absolute Gasteiger partial charge is 0.208 e. The van der Waals surface area contributed by atoms with Gasteiger partial charge in [-0.2, -0.15) is 0 Å². The Morgan fingerprint density at radius 1 is 1.31 bits per heavy atom. The summed E-state index contributed by atoms with van der Waals surface area (Å²) in [6.45, 7) is 3.49. The van der Waals surface area contributed by atoms with E-state index in [1.165, 1.54) is 25.5 Å². The highest BCUT2D eigenvalue weighted by Gasteiger charge is 2.10. The maximum absolute atomic E-state index is 10.8. The molecule has 5 nitrogen and oxygen atoms in total. The van der Waals surface area contributed by atoms with Gasteiger partial charge < -0.3 is 10.6 Å². The highest BCUT2D eigenvalue weighted by Crippen LogP contribution is 2.05. The lowest BCUT2D eigenvalue weighted by atomic mass is 10.1. The zero-order chi connectivity index (χ0) is 11.9. The fourth-order valence-corrected chi connectivity index (χ4v) is 2.36. The van der Waals surface area contributed by atoms with Crippen LogP contribution in [0, 0.1) is 0 Å². The molecule has 1 aliphatic rings. The third-order valence-corrected chi connectivity index (χ3v) is 3.43. The maximum Gasteiger partial charge on any atom is 0.208 e. The van der Waals surface area contributed by atoms with E-state index in [4.69, 9.17) is 0 Å². The molecule has 1 heterocycles. The van der Waals surface area contributed by atoms with E-state index in [9.17, 15) is 8.42 Å². The molecule has 1 saturated heterocycles. The topological polar surface area (TPSA) is 70.2 Å². The number of rotatable bonds is 7. The number of sulfonamides is 1. The SMILES string of the molecule is CS(=O)(=O)NCCCNCC1CCCCN1. The monoisotopic (exact) mass is 249 g/mol. The number of piperidine rings is 1. The molecule has 0 aromatic heterocycles. The summed E-state index contributed by atoms with van der Waals surface area (Å²) in [5.41, 5.74) is 0. The Labute approximate surface area is 98.4 Å². The van der Waals surface area contributed by atoms with Gasteiger partial charge in [-0.25, -0.2) is 13.1 Å². The molecule has 0 bridgehead atoms. The van der Waals surface area contributed by atoms with Crippen molar-refractivity contribution in [3.8, 4) is 0 Å². The average Bonchev–Trinajstić information content (AvgIpc) is 2.23. The van der Waals surface area contributed by atoms with Gasteiger partial charge in [0.2, 0.25) is 10.0 Å². The van der Waals surface area contributed by atoms with E-state index in [0.29, 0.717) is 12.6 Å². The average molecular weight is 249 g/mol. The van der Waals surface area contributed by atoms with Crippen molar-refractivity contribution in [2.24, 2.45) is 0 Å². The highest BCUT2D eigenvalue weighted by atomic mass is 32.2. The minimum absolute atomic E-state index is 0.518. The Morgan fingerprint density at radius 2 is 2.12 bits per heavy atom. The first-order valence-electron chi connectivity index (χ1n) is 5.97. The first kappa shape index (κ1) is 13.9. The summed E-state index contributed by atoms with van der Waals surface area (Å²) in [4.78, 5) is 0. The minimum atomic E-state index is -3.02. The third kappa shape index (κ3) is 7.16. The molecule has 0 aromatic carbocycles. The van der Waals surface area contributed by atoms with E-state index in [0.717, 1.165) is 26.1 Å². The van der Waals surface area contributed by atoms with Gasteiger partial charge in [0.25, 0.3) is 0 Å². The van der Waals surface area contributed by atoms with Gasteiger partial charge in [-0.3, -0.25) is 0 Å². The van der Waals surface area contributed by atoms with Gasteiger partial charge >= 0.3 is 0 Å². The molecule has 96 valence electrons. The summed E-state index contributed by atoms with van der Waals surface area (Å²) in [6.07, 6.45) is 5.87. The van der Waals surface area contributed by atoms with Gasteiger partial charge in [0.15, 0.2) is 0 Å². The van der Waals surface area contributed by atoms with E-state index in [1.807, 2.05) is 0 Å². The summed E-state index contributed by atoms with van der Waals surface area (Å²) in [6, 6.07) is 0.594. The Bertz CT molecular complexity index is 274. The van der Waals surface area contributed by atoms with Gasteiger partial charge in [0, 0.05) is 19.1 Å². The summed E-state index contributed by atoms with van der Waals surface area (Å²) >= 11 is 0. The lowest BCUT2D eigenvalue weighted by molar-refractivity contribution is 0.383. The molecular weight excluding hydrogens is 226 g/mol. The van der Waals surface area contributed by atoms with Gasteiger partial charge in [0.05, 0.1) is 6.26 Å². The number of nitrogens with one attached hydrogen (secondary N) is 3. The molecule has 1 unspecified atom stereocenters. The molecule has 1 aliphatic heterocycles. The van der Waals surface area contributed by atoms with E-state index >= 15 is 0 Å². The van der Waals surface area contributed by atoms with Crippen LogP contribution >= 0.6 is 0 Å². The second kappa shape index (κ2) is 7.21. The van der Waals surface area contributed by atoms with Crippen molar-refractivity contribution in [3.05, 3.63) is 0 Å². The summed E-state index contributed by atoms with van der Waals surface area (Å²) in [5.74, 6) is 0. The Morgan fingerprint density at radius 3 is 2.75 bits per heavy atom. The molecule has 16 heavy (non-hydrogen) atoms. The van der Waals surface area contributed by atoms with E-state index < -0.39 is 10.0 Å². The van der Waals surface area contributed by atoms with Crippen molar-refractivity contribution in [1.82, 2.24) is 15.4 Å². The van der Waals surface area contributed by atoms with Gasteiger partial charge in [0.1, 0.15) is 0 Å². The van der Waals surface area contributed by atoms with E-state index in [2.05, 4.69) is 15.4 Å². The van der Waals surface area contributed by atoms with Crippen molar-refractivity contribution in [3.63, 3.8) is 0 Å². The zero-order valence-electron chi connectivity index (χ0n) is 9.96. The van der Waals surface area contributed by atoms with Crippen LogP contribution < -0.4 is 15.4 Å². The molecule has 0 radical (unpaired) electrons. The summed E-state index contributed by atoms with van der Waals surface area (Å²) < 4.78 is 24.0. The van der Waals surface area contributed by atoms with Crippen molar-refractivity contribution in [2.75, 3.05) is 32.4 Å². The largest absolute Gasteiger partial charge is 0.315 e. The second-order valence-electron chi connectivity index (χ2n) is 4.37. The van der Waals surface area contributed by atoms with Crippen LogP contribution in [-0.2, 0) is 10.0 Å². The molecule has 0 spiro atoms. The second-order valence-corrected chi connectivity index (χ2v) is 6.20. The van der Waals surface area contributed by atoms with Crippen LogP contribution in [0.15, 0.2) is 0 Å². The van der Waals surface area contributed by atoms with Crippen LogP contribution in [0.25, 0.3) is 0 Å². The highest BCUT2D eigenvalue weighted by molar-refractivity contribution is 7.88. The van der Waals surface area contributed by atoms with Gasteiger partial charge in [-0.1, -0.05) is 6.42 Å². The van der Waals surface area contributed by atoms with Gasteiger partial charge in [-0.15, -0.1) is 0 Å². The van der Waals surface area contributed by atoms with Crippen LogP contribution in [0.1, 0.15) is 25.7 Å². The predicted octanol–water partition coefficient (Wildman–Crippen LogP) is -0.343. The lowest BCUT2D eigenvalue weighted by Crippen LogP contribution is -2.42. The van der Waals surface area contributed by atoms with Crippen LogP contribution in [0.2, 0.25) is 0 Å². The fourth-order valence-electron chi connectivity index (χ4n) is 1.85. The van der Waals surface area contributed by atoms with Crippen LogP contribution in [0.4, 0.5) is 0 Å². The Kier molecular flexibility index (Phi) is 6.26. The Balaban J connectivity index is 1.91. The molecule has 1 atom stereocenters. The number of hydrogen-bond donors (Lipinski definition) is 3. The molecule has 3 N–H and O–H groups in total. The quantitative estimate of drug-likeness (QED) is 0.540. The predicted molar refractivity (Wildman–Crippen MR) is 66.0 cm³/mol. The summed E-state index contributed by atoms with van der Waals surface area (Å²) in [5, 5.41) is 6.80. The van der Waals surface area contributed by atoms with Crippen molar-refractivity contribution < 1.29 is 8.42 Å². The molecule has 0 amide bonds. The molecular formula is C10H23N3O2S. The third-order valence-electron chi connectivity index (χ3n) is 2.70. The molecule has 6 heteroatoms. The van der Waals surface area contributed by atoms with E-state index in [-0.39, 0.29) is 0 Å². The minimum Gasteiger partial charge on any atom is -0.315 e. The van der Waals surface area contributed by atoms with E-state index in [1.54, 1.807) is 0 Å². The molecule has 1 rings (SSSR count). The van der Waals surface area contributed by atoms with Crippen LogP contribution in [0.3, 0.4) is 0 Å². The standard InChI is InChI=1S/C10H23N3O2S/c1-16(14,15)13-8-4-6-11-9-10-5-2-3-7-12-10/h10-13H,2-9H2,1H3. The normalized spacial score (nSPS) is 22.2. The van der Waals surface area contributed by atoms with Crippen molar-refractivity contribution in [2.45, 2.75) is 31.7 Å². The number of hydrogen-bond acceptors (Lipinski definition) is 4. The van der Waals surface area contributed by atoms with Crippen LogP contribution in [-0.4, -0.2) is 46.9 Å². The van der Waals surface area contributed by atoms with Gasteiger partial charge in [-0.05, 0) is 32.4 Å². The van der Waals surface area contributed by atoms with Crippen LogP contribution in [0.5, 0.6) is 0 Å². The van der Waals surface area contributed by atoms with Crippen molar-refractivity contribution >= 4 is 10.0 Å². The molecule has 1 fully saturated rings. The zero-order valence-corrected chi connectivity index (χ0v) is 10.8. The molecule has 0 aromatic rings. The van der Waals surface area contributed by atoms with Crippen molar-refractivity contribution in [1.29, 1.82) is 0 Å². The lowest BCUT2D eigenvalue weighted by Gasteiger charge is -2.23. The fraction of sp³-hybridized carbons (Fsp3) is 1.00. The first-order valence-corrected chi connectivity index (χ1v) is 7.86. The first-order chi connectivity index (χ1) is 7.58. The maximum atomic E-state index is 10.8. The summed E-state index contributed by atoms with van der Waals surface area (Å²) in [7, 11) is -3.02. The Hall–Kier alpha value is -0.170. The molecule has 0 aliphatic carbocycles.